The Morgan fingerprint density at radius 1 is 1.10 bits per heavy atom. The largest absolute Gasteiger partial charge is 0.493 e. The van der Waals surface area contributed by atoms with Crippen LogP contribution >= 0.6 is 0 Å². The van der Waals surface area contributed by atoms with Gasteiger partial charge in [-0.3, -0.25) is 4.90 Å². The van der Waals surface area contributed by atoms with Crippen LogP contribution in [0.2, 0.25) is 0 Å². The van der Waals surface area contributed by atoms with E-state index < -0.39 is 6.10 Å². The SMILES string of the molecule is CCC[C@]1(CO)CCN(Cc2ccccc2OCCCN2CCCCC2)C[C@H]1O. The number of hydrogen-bond donors (Lipinski definition) is 2. The highest BCUT2D eigenvalue weighted by Gasteiger charge is 2.41. The molecule has 5 heteroatoms. The third kappa shape index (κ3) is 6.17. The van der Waals surface area contributed by atoms with Crippen molar-refractivity contribution in [3.63, 3.8) is 0 Å². The van der Waals surface area contributed by atoms with Crippen LogP contribution in [0.1, 0.15) is 57.4 Å². The maximum absolute atomic E-state index is 10.7. The number of hydrogen-bond acceptors (Lipinski definition) is 5. The third-order valence-electron chi connectivity index (χ3n) is 6.82. The molecule has 164 valence electrons. The number of β-amino-alcohol motifs (C(OH)–C–C–N with tert-alkyl or cyclic N) is 1. The Labute approximate surface area is 176 Å². The zero-order valence-corrected chi connectivity index (χ0v) is 18.2. The number of piperidine rings is 2. The summed E-state index contributed by atoms with van der Waals surface area (Å²) in [5.74, 6) is 0.966. The van der Waals surface area contributed by atoms with E-state index in [0.717, 1.165) is 57.7 Å². The Morgan fingerprint density at radius 3 is 2.62 bits per heavy atom. The Kier molecular flexibility index (Phi) is 8.79. The number of ether oxygens (including phenoxy) is 1. The molecule has 2 saturated heterocycles. The highest BCUT2D eigenvalue weighted by atomic mass is 16.5. The number of likely N-dealkylation sites (tertiary alicyclic amines) is 2. The van der Waals surface area contributed by atoms with Gasteiger partial charge in [-0.15, -0.1) is 0 Å². The van der Waals surface area contributed by atoms with Gasteiger partial charge in [0.15, 0.2) is 0 Å². The van der Waals surface area contributed by atoms with Gasteiger partial charge >= 0.3 is 0 Å². The fourth-order valence-corrected chi connectivity index (χ4v) is 4.94. The minimum absolute atomic E-state index is 0.0760. The van der Waals surface area contributed by atoms with Crippen LogP contribution in [0.15, 0.2) is 24.3 Å². The van der Waals surface area contributed by atoms with Gasteiger partial charge in [-0.25, -0.2) is 0 Å². The van der Waals surface area contributed by atoms with Crippen LogP contribution < -0.4 is 4.74 Å². The minimum atomic E-state index is -0.473. The molecule has 2 heterocycles. The van der Waals surface area contributed by atoms with E-state index in [2.05, 4.69) is 34.9 Å². The van der Waals surface area contributed by atoms with Crippen molar-refractivity contribution in [1.29, 1.82) is 0 Å². The van der Waals surface area contributed by atoms with E-state index in [1.807, 2.05) is 6.07 Å². The standard InChI is InChI=1S/C24H40N2O3/c1-2-11-24(20-27)12-16-26(19-23(24)28)18-21-9-4-5-10-22(21)29-17-8-15-25-13-6-3-7-14-25/h4-5,9-10,23,27-28H,2-3,6-8,11-20H2,1H3/t23-,24-/m1/s1. The second-order valence-electron chi connectivity index (χ2n) is 8.98. The normalized spacial score (nSPS) is 26.5. The second-order valence-corrected chi connectivity index (χ2v) is 8.98. The predicted molar refractivity (Wildman–Crippen MR) is 117 cm³/mol. The molecule has 1 aromatic carbocycles. The summed E-state index contributed by atoms with van der Waals surface area (Å²) in [7, 11) is 0. The monoisotopic (exact) mass is 404 g/mol. The quantitative estimate of drug-likeness (QED) is 0.586. The summed E-state index contributed by atoms with van der Waals surface area (Å²) >= 11 is 0. The van der Waals surface area contributed by atoms with Gasteiger partial charge in [0.1, 0.15) is 5.75 Å². The first-order valence-electron chi connectivity index (χ1n) is 11.6. The predicted octanol–water partition coefficient (Wildman–Crippen LogP) is 3.29. The minimum Gasteiger partial charge on any atom is -0.493 e. The van der Waals surface area contributed by atoms with Crippen LogP contribution in [0.5, 0.6) is 5.75 Å². The van der Waals surface area contributed by atoms with E-state index >= 15 is 0 Å². The maximum atomic E-state index is 10.7. The number of rotatable bonds is 10. The molecule has 2 aliphatic rings. The lowest BCUT2D eigenvalue weighted by Gasteiger charge is -2.44. The molecule has 29 heavy (non-hydrogen) atoms. The molecule has 0 unspecified atom stereocenters. The average Bonchev–Trinajstić information content (AvgIpc) is 2.75. The molecule has 0 bridgehead atoms. The summed E-state index contributed by atoms with van der Waals surface area (Å²) in [5, 5.41) is 20.6. The van der Waals surface area contributed by atoms with Crippen LogP contribution in [0.25, 0.3) is 0 Å². The van der Waals surface area contributed by atoms with Crippen molar-refractivity contribution in [3.05, 3.63) is 29.8 Å². The van der Waals surface area contributed by atoms with Crippen LogP contribution in [-0.4, -0.2) is 72.1 Å². The molecule has 2 aliphatic heterocycles. The van der Waals surface area contributed by atoms with Gasteiger partial charge < -0.3 is 19.8 Å². The molecular formula is C24H40N2O3. The summed E-state index contributed by atoms with van der Waals surface area (Å²) in [6, 6.07) is 8.29. The molecule has 0 amide bonds. The molecule has 0 spiro atoms. The molecule has 5 nitrogen and oxygen atoms in total. The highest BCUT2D eigenvalue weighted by Crippen LogP contribution is 2.36. The highest BCUT2D eigenvalue weighted by molar-refractivity contribution is 5.33. The average molecular weight is 405 g/mol. The van der Waals surface area contributed by atoms with E-state index in [-0.39, 0.29) is 12.0 Å². The van der Waals surface area contributed by atoms with Crippen LogP contribution in [0.3, 0.4) is 0 Å². The summed E-state index contributed by atoms with van der Waals surface area (Å²) in [5.41, 5.74) is 0.861. The molecule has 3 rings (SSSR count). The maximum Gasteiger partial charge on any atom is 0.123 e. The number of aliphatic hydroxyl groups excluding tert-OH is 2. The van der Waals surface area contributed by atoms with Crippen LogP contribution in [-0.2, 0) is 6.54 Å². The summed E-state index contributed by atoms with van der Waals surface area (Å²) in [4.78, 5) is 4.85. The first kappa shape index (κ1) is 22.5. The molecule has 2 fully saturated rings. The van der Waals surface area contributed by atoms with E-state index in [0.29, 0.717) is 6.54 Å². The number of para-hydroxylation sites is 1. The fraction of sp³-hybridized carbons (Fsp3) is 0.750. The van der Waals surface area contributed by atoms with Crippen LogP contribution in [0, 0.1) is 5.41 Å². The topological polar surface area (TPSA) is 56.2 Å². The number of nitrogens with zero attached hydrogens (tertiary/aromatic N) is 2. The third-order valence-corrected chi connectivity index (χ3v) is 6.82. The van der Waals surface area contributed by atoms with Gasteiger partial charge in [-0.2, -0.15) is 0 Å². The summed E-state index contributed by atoms with van der Waals surface area (Å²) in [6.07, 6.45) is 7.36. The van der Waals surface area contributed by atoms with E-state index in [4.69, 9.17) is 4.74 Å². The molecule has 0 aliphatic carbocycles. The van der Waals surface area contributed by atoms with Crippen LogP contribution in [0.4, 0.5) is 0 Å². The lowest BCUT2D eigenvalue weighted by molar-refractivity contribution is -0.0803. The van der Waals surface area contributed by atoms with Crippen molar-refractivity contribution >= 4 is 0 Å². The lowest BCUT2D eigenvalue weighted by Crippen LogP contribution is -2.52. The molecule has 2 atom stereocenters. The molecule has 0 saturated carbocycles. The first-order valence-corrected chi connectivity index (χ1v) is 11.6. The fourth-order valence-electron chi connectivity index (χ4n) is 4.94. The van der Waals surface area contributed by atoms with Crippen molar-refractivity contribution in [2.45, 2.75) is 64.5 Å². The first-order chi connectivity index (χ1) is 14.2. The van der Waals surface area contributed by atoms with Crippen molar-refractivity contribution < 1.29 is 14.9 Å². The van der Waals surface area contributed by atoms with Gasteiger partial charge in [-0.1, -0.05) is 38.0 Å². The Bertz CT molecular complexity index is 606. The van der Waals surface area contributed by atoms with E-state index in [1.54, 1.807) is 0 Å². The molecular weight excluding hydrogens is 364 g/mol. The zero-order chi connectivity index (χ0) is 20.5. The van der Waals surface area contributed by atoms with Crippen molar-refractivity contribution in [3.8, 4) is 5.75 Å². The van der Waals surface area contributed by atoms with Crippen molar-refractivity contribution in [2.75, 3.05) is 45.9 Å². The lowest BCUT2D eigenvalue weighted by atomic mass is 9.73. The van der Waals surface area contributed by atoms with Crippen molar-refractivity contribution in [1.82, 2.24) is 9.80 Å². The molecule has 0 radical (unpaired) electrons. The molecule has 0 aromatic heterocycles. The Hall–Kier alpha value is -1.14. The van der Waals surface area contributed by atoms with Gasteiger partial charge in [0.05, 0.1) is 19.3 Å². The van der Waals surface area contributed by atoms with Gasteiger partial charge in [0, 0.05) is 30.6 Å². The van der Waals surface area contributed by atoms with Gasteiger partial charge in [0.25, 0.3) is 0 Å². The summed E-state index contributed by atoms with van der Waals surface area (Å²) < 4.78 is 6.14. The van der Waals surface area contributed by atoms with E-state index in [1.165, 1.54) is 37.9 Å². The number of aliphatic hydroxyl groups is 2. The molecule has 1 aromatic rings. The number of benzene rings is 1. The molecule has 2 N–H and O–H groups in total. The Balaban J connectivity index is 1.49. The van der Waals surface area contributed by atoms with Gasteiger partial charge in [0.2, 0.25) is 0 Å². The summed E-state index contributed by atoms with van der Waals surface area (Å²) in [6.45, 7) is 8.85. The Morgan fingerprint density at radius 2 is 1.90 bits per heavy atom. The van der Waals surface area contributed by atoms with Crippen molar-refractivity contribution in [2.24, 2.45) is 5.41 Å². The van der Waals surface area contributed by atoms with Gasteiger partial charge in [-0.05, 0) is 57.8 Å². The smallest absolute Gasteiger partial charge is 0.123 e. The second kappa shape index (κ2) is 11.3. The van der Waals surface area contributed by atoms with E-state index in [9.17, 15) is 10.2 Å². The zero-order valence-electron chi connectivity index (χ0n) is 18.2.